The summed E-state index contributed by atoms with van der Waals surface area (Å²) >= 11 is 0. The van der Waals surface area contributed by atoms with Crippen molar-refractivity contribution in [2.24, 2.45) is 5.92 Å². The Kier molecular flexibility index (Phi) is 12.8. The predicted molar refractivity (Wildman–Crippen MR) is 117 cm³/mol. The van der Waals surface area contributed by atoms with Crippen LogP contribution in [0.5, 0.6) is 0 Å². The summed E-state index contributed by atoms with van der Waals surface area (Å²) in [5.74, 6) is -2.95. The maximum Gasteiger partial charge on any atom is 0.311 e. The van der Waals surface area contributed by atoms with E-state index in [-0.39, 0.29) is 18.3 Å². The summed E-state index contributed by atoms with van der Waals surface area (Å²) in [5.41, 5.74) is 0. The highest BCUT2D eigenvalue weighted by Gasteiger charge is 2.50. The fraction of sp³-hybridized carbons (Fsp3) is 0.750. The van der Waals surface area contributed by atoms with Crippen LogP contribution >= 0.6 is 0 Å². The minimum Gasteiger partial charge on any atom is -0.469 e. The van der Waals surface area contributed by atoms with Crippen molar-refractivity contribution in [3.8, 4) is 0 Å². The van der Waals surface area contributed by atoms with Crippen LogP contribution in [-0.4, -0.2) is 47.1 Å². The molecular formula is C24H40O6. The Labute approximate surface area is 181 Å². The number of hydrogen-bond acceptors (Lipinski definition) is 6. The van der Waals surface area contributed by atoms with E-state index in [1.54, 1.807) is 0 Å². The predicted octanol–water partition coefficient (Wildman–Crippen LogP) is 4.24. The number of Topliss-reactive ketones (excluding diaryl/α,β-unsaturated/α-hetero) is 1. The van der Waals surface area contributed by atoms with E-state index in [1.807, 2.05) is 18.2 Å². The average molecular weight is 425 g/mol. The first-order chi connectivity index (χ1) is 14.3. The third-order valence-electron chi connectivity index (χ3n) is 5.53. The molecule has 1 rings (SSSR count). The van der Waals surface area contributed by atoms with Gasteiger partial charge in [0.05, 0.1) is 19.1 Å². The van der Waals surface area contributed by atoms with Gasteiger partial charge in [0.1, 0.15) is 6.10 Å². The molecule has 0 radical (unpaired) electrons. The first-order valence-corrected chi connectivity index (χ1v) is 11.3. The van der Waals surface area contributed by atoms with E-state index in [0.717, 1.165) is 57.8 Å². The summed E-state index contributed by atoms with van der Waals surface area (Å²) in [7, 11) is 1.27. The number of carbonyl (C=O) groups excluding carboxylic acids is 2. The van der Waals surface area contributed by atoms with E-state index < -0.39 is 23.8 Å². The Morgan fingerprint density at radius 3 is 2.57 bits per heavy atom. The highest BCUT2D eigenvalue weighted by Crippen LogP contribution is 2.38. The van der Waals surface area contributed by atoms with Gasteiger partial charge in [0.25, 0.3) is 0 Å². The second kappa shape index (κ2) is 14.5. The number of aliphatic hydroxyl groups excluding tert-OH is 1. The topological polar surface area (TPSA) is 93.1 Å². The Morgan fingerprint density at radius 2 is 1.90 bits per heavy atom. The highest BCUT2D eigenvalue weighted by atomic mass is 16.6. The molecule has 1 aliphatic rings. The van der Waals surface area contributed by atoms with E-state index >= 15 is 0 Å². The number of unbranched alkanes of at least 4 members (excludes halogenated alkanes) is 6. The van der Waals surface area contributed by atoms with Gasteiger partial charge < -0.3 is 19.7 Å². The number of esters is 1. The first kappa shape index (κ1) is 26.5. The third-order valence-corrected chi connectivity index (χ3v) is 5.53. The monoisotopic (exact) mass is 424 g/mol. The van der Waals surface area contributed by atoms with Gasteiger partial charge in [-0.05, 0) is 32.6 Å². The summed E-state index contributed by atoms with van der Waals surface area (Å²) in [6, 6.07) is 0. The Hall–Kier alpha value is -1.50. The minimum atomic E-state index is -1.43. The molecule has 6 heteroatoms. The summed E-state index contributed by atoms with van der Waals surface area (Å²) < 4.78 is 10.3. The molecule has 0 saturated carbocycles. The van der Waals surface area contributed by atoms with Crippen LogP contribution in [0, 0.1) is 5.92 Å². The number of methoxy groups -OCH3 is 1. The van der Waals surface area contributed by atoms with Crippen molar-refractivity contribution in [3.05, 3.63) is 24.3 Å². The maximum absolute atomic E-state index is 11.8. The molecule has 2 N–H and O–H groups in total. The number of rotatable bonds is 15. The van der Waals surface area contributed by atoms with E-state index in [9.17, 15) is 19.8 Å². The third kappa shape index (κ3) is 10.0. The Bertz CT molecular complexity index is 570. The molecule has 4 atom stereocenters. The van der Waals surface area contributed by atoms with Gasteiger partial charge >= 0.3 is 5.97 Å². The van der Waals surface area contributed by atoms with Crippen molar-refractivity contribution in [3.63, 3.8) is 0 Å². The van der Waals surface area contributed by atoms with E-state index in [4.69, 9.17) is 9.47 Å². The van der Waals surface area contributed by atoms with Crippen molar-refractivity contribution < 1.29 is 29.3 Å². The molecule has 0 bridgehead atoms. The molecule has 1 fully saturated rings. The van der Waals surface area contributed by atoms with Gasteiger partial charge in [-0.15, -0.1) is 0 Å². The van der Waals surface area contributed by atoms with Crippen LogP contribution in [0.3, 0.4) is 0 Å². The molecule has 1 unspecified atom stereocenters. The normalized spacial score (nSPS) is 25.2. The lowest BCUT2D eigenvalue weighted by Crippen LogP contribution is -2.32. The molecule has 1 saturated heterocycles. The van der Waals surface area contributed by atoms with E-state index in [2.05, 4.69) is 13.0 Å². The van der Waals surface area contributed by atoms with Gasteiger partial charge in [0.2, 0.25) is 0 Å². The number of allylic oxidation sites excluding steroid dienone is 3. The lowest BCUT2D eigenvalue weighted by Gasteiger charge is -2.22. The smallest absolute Gasteiger partial charge is 0.311 e. The Morgan fingerprint density at radius 1 is 1.17 bits per heavy atom. The standard InChI is InChI=1S/C24H40O6/c1-4-5-12-15-20(26)16-13-10-8-6-7-9-11-14-17-24(28)18-21(23(27)29-3)22(30-24)19(2)25/h8,10,13,16,20-22,26,28H,4-7,9,11-12,14-15,17-18H2,1-3H3/b10-8-,16-13+/t20?,21-,22-,24-/m0/s1. The van der Waals surface area contributed by atoms with E-state index in [0.29, 0.717) is 6.42 Å². The second-order valence-electron chi connectivity index (χ2n) is 8.26. The van der Waals surface area contributed by atoms with Gasteiger partial charge in [-0.1, -0.05) is 63.3 Å². The second-order valence-corrected chi connectivity index (χ2v) is 8.26. The SMILES string of the molecule is CCCCCC(O)/C=C/C=C\CCCCCC[C@@]1(O)C[C@H](C(=O)OC)[C@H](C(C)=O)O1. The molecule has 0 aromatic carbocycles. The zero-order valence-electron chi connectivity index (χ0n) is 18.8. The lowest BCUT2D eigenvalue weighted by molar-refractivity contribution is -0.198. The largest absolute Gasteiger partial charge is 0.469 e. The fourth-order valence-corrected chi connectivity index (χ4v) is 3.79. The van der Waals surface area contributed by atoms with Gasteiger partial charge in [0.15, 0.2) is 11.6 Å². The van der Waals surface area contributed by atoms with Crippen LogP contribution in [0.15, 0.2) is 24.3 Å². The molecule has 1 aliphatic heterocycles. The van der Waals surface area contributed by atoms with Crippen LogP contribution in [-0.2, 0) is 19.1 Å². The van der Waals surface area contributed by atoms with Crippen LogP contribution in [0.25, 0.3) is 0 Å². The molecule has 172 valence electrons. The van der Waals surface area contributed by atoms with Crippen molar-refractivity contribution in [1.29, 1.82) is 0 Å². The minimum absolute atomic E-state index is 0.100. The first-order valence-electron chi connectivity index (χ1n) is 11.3. The van der Waals surface area contributed by atoms with Crippen molar-refractivity contribution in [2.45, 2.75) is 102 Å². The van der Waals surface area contributed by atoms with Crippen molar-refractivity contribution >= 4 is 11.8 Å². The number of hydrogen-bond donors (Lipinski definition) is 2. The fourth-order valence-electron chi connectivity index (χ4n) is 3.79. The van der Waals surface area contributed by atoms with Gasteiger partial charge in [-0.3, -0.25) is 9.59 Å². The number of ether oxygens (including phenoxy) is 2. The lowest BCUT2D eigenvalue weighted by atomic mass is 9.93. The number of aliphatic hydroxyl groups is 2. The zero-order valence-corrected chi connectivity index (χ0v) is 18.8. The molecular weight excluding hydrogens is 384 g/mol. The van der Waals surface area contributed by atoms with Gasteiger partial charge in [-0.2, -0.15) is 0 Å². The molecule has 0 aliphatic carbocycles. The summed E-state index contributed by atoms with van der Waals surface area (Å²) in [6.07, 6.45) is 16.0. The number of ketones is 1. The average Bonchev–Trinajstić information content (AvgIpc) is 3.07. The van der Waals surface area contributed by atoms with Gasteiger partial charge in [0, 0.05) is 12.8 Å². The highest BCUT2D eigenvalue weighted by molar-refractivity contribution is 5.87. The molecule has 1 heterocycles. The van der Waals surface area contributed by atoms with Crippen LogP contribution < -0.4 is 0 Å². The van der Waals surface area contributed by atoms with Gasteiger partial charge in [-0.25, -0.2) is 0 Å². The number of carbonyl (C=O) groups is 2. The molecule has 30 heavy (non-hydrogen) atoms. The molecule has 0 spiro atoms. The summed E-state index contributed by atoms with van der Waals surface area (Å²) in [5, 5.41) is 20.4. The summed E-state index contributed by atoms with van der Waals surface area (Å²) in [6.45, 7) is 3.52. The van der Waals surface area contributed by atoms with Crippen molar-refractivity contribution in [1.82, 2.24) is 0 Å². The van der Waals surface area contributed by atoms with Crippen LogP contribution in [0.2, 0.25) is 0 Å². The summed E-state index contributed by atoms with van der Waals surface area (Å²) in [4.78, 5) is 23.6. The quantitative estimate of drug-likeness (QED) is 0.232. The molecule has 0 aromatic heterocycles. The van der Waals surface area contributed by atoms with Crippen LogP contribution in [0.4, 0.5) is 0 Å². The molecule has 6 nitrogen and oxygen atoms in total. The molecule has 0 amide bonds. The van der Waals surface area contributed by atoms with E-state index in [1.165, 1.54) is 14.0 Å². The zero-order chi connectivity index (χ0) is 22.4. The maximum atomic E-state index is 11.8. The van der Waals surface area contributed by atoms with Crippen LogP contribution in [0.1, 0.15) is 84.5 Å². The molecule has 0 aromatic rings. The van der Waals surface area contributed by atoms with Crippen molar-refractivity contribution in [2.75, 3.05) is 7.11 Å². The Balaban J connectivity index is 2.19.